The first-order valence-electron chi connectivity index (χ1n) is 14.5. The molecule has 5 rings (SSSR count). The van der Waals surface area contributed by atoms with Gasteiger partial charge in [-0.1, -0.05) is 57.7 Å². The number of aromatic nitrogens is 4. The highest BCUT2D eigenvalue weighted by atomic mass is 35.5. The molecule has 10 heteroatoms. The number of hydrogen-bond donors (Lipinski definition) is 0. The Morgan fingerprint density at radius 2 is 1.82 bits per heavy atom. The maximum Gasteiger partial charge on any atom is 0.355 e. The fourth-order valence-electron chi connectivity index (χ4n) is 5.91. The van der Waals surface area contributed by atoms with Crippen molar-refractivity contribution in [3.8, 4) is 16.9 Å². The van der Waals surface area contributed by atoms with E-state index in [1.807, 2.05) is 76.2 Å². The first kappa shape index (κ1) is 32.7. The van der Waals surface area contributed by atoms with Crippen LogP contribution in [0.3, 0.4) is 0 Å². The van der Waals surface area contributed by atoms with Crippen molar-refractivity contribution in [3.05, 3.63) is 82.0 Å². The molecular formula is C34H42ClN7O2. The Balaban J connectivity index is 0.00000442. The summed E-state index contributed by atoms with van der Waals surface area (Å²) in [5.74, 6) is 0.430. The van der Waals surface area contributed by atoms with Crippen LogP contribution >= 0.6 is 11.6 Å². The zero-order chi connectivity index (χ0) is 31.2. The fraction of sp³-hybridized carbons (Fsp3) is 0.382. The van der Waals surface area contributed by atoms with Crippen LogP contribution in [0.4, 0.5) is 11.5 Å². The summed E-state index contributed by atoms with van der Waals surface area (Å²) in [5, 5.41) is 1.10. The van der Waals surface area contributed by atoms with Crippen molar-refractivity contribution in [1.82, 2.24) is 24.4 Å². The third kappa shape index (κ3) is 5.68. The standard InChI is InChI=1S/C33H38ClN7O2.CH4/c1-9-27(42)39-17-22(6)40(18-21(39)5)31-24-16-25(34)29(23-12-10-11-13-26(23)38(7)8)36-32(24)41(33(43)37-31)30-20(4)14-15-35-28(30)19(2)3;/h9-16,19,21-22H,1,17-18H2,2-8H3;1H4/t21-,22+;/m1./s1. The van der Waals surface area contributed by atoms with Gasteiger partial charge in [0.05, 0.1) is 27.5 Å². The van der Waals surface area contributed by atoms with Crippen LogP contribution in [0.5, 0.6) is 0 Å². The van der Waals surface area contributed by atoms with Crippen LogP contribution in [0.2, 0.25) is 5.02 Å². The lowest BCUT2D eigenvalue weighted by molar-refractivity contribution is -0.128. The van der Waals surface area contributed by atoms with Gasteiger partial charge in [0.1, 0.15) is 5.82 Å². The third-order valence-corrected chi connectivity index (χ3v) is 8.37. The quantitative estimate of drug-likeness (QED) is 0.237. The summed E-state index contributed by atoms with van der Waals surface area (Å²) >= 11 is 7.03. The molecule has 0 spiro atoms. The number of para-hydroxylation sites is 1. The topological polar surface area (TPSA) is 87.5 Å². The smallest absolute Gasteiger partial charge is 0.355 e. The number of rotatable bonds is 6. The number of nitrogens with zero attached hydrogens (tertiary/aromatic N) is 7. The Bertz CT molecular complexity index is 1780. The molecule has 0 unspecified atom stereocenters. The highest BCUT2D eigenvalue weighted by Crippen LogP contribution is 2.38. The Hall–Kier alpha value is -4.24. The summed E-state index contributed by atoms with van der Waals surface area (Å²) in [7, 11) is 3.94. The predicted molar refractivity (Wildman–Crippen MR) is 181 cm³/mol. The predicted octanol–water partition coefficient (Wildman–Crippen LogP) is 6.24. The van der Waals surface area contributed by atoms with E-state index >= 15 is 0 Å². The van der Waals surface area contributed by atoms with Gasteiger partial charge < -0.3 is 14.7 Å². The van der Waals surface area contributed by atoms with Crippen molar-refractivity contribution in [2.24, 2.45) is 0 Å². The van der Waals surface area contributed by atoms with Crippen LogP contribution in [-0.2, 0) is 4.79 Å². The number of aryl methyl sites for hydroxylation is 1. The Morgan fingerprint density at radius 1 is 1.11 bits per heavy atom. The third-order valence-electron chi connectivity index (χ3n) is 8.08. The van der Waals surface area contributed by atoms with Gasteiger partial charge >= 0.3 is 5.69 Å². The average Bonchev–Trinajstić information content (AvgIpc) is 2.97. The van der Waals surface area contributed by atoms with E-state index in [9.17, 15) is 9.59 Å². The van der Waals surface area contributed by atoms with Gasteiger partial charge in [-0.25, -0.2) is 14.3 Å². The fourth-order valence-corrected chi connectivity index (χ4v) is 6.16. The molecular weight excluding hydrogens is 574 g/mol. The second kappa shape index (κ2) is 12.8. The Morgan fingerprint density at radius 3 is 2.48 bits per heavy atom. The second-order valence-electron chi connectivity index (χ2n) is 11.7. The second-order valence-corrected chi connectivity index (χ2v) is 12.1. The Kier molecular flexibility index (Phi) is 9.49. The van der Waals surface area contributed by atoms with Crippen LogP contribution < -0.4 is 15.5 Å². The number of benzene rings is 1. The van der Waals surface area contributed by atoms with E-state index in [4.69, 9.17) is 16.6 Å². The van der Waals surface area contributed by atoms with Crippen molar-refractivity contribution in [2.75, 3.05) is 37.0 Å². The summed E-state index contributed by atoms with van der Waals surface area (Å²) in [6.07, 6.45) is 3.10. The van der Waals surface area contributed by atoms with Gasteiger partial charge in [0.15, 0.2) is 5.65 Å². The molecule has 1 fully saturated rings. The first-order valence-corrected chi connectivity index (χ1v) is 14.9. The van der Waals surface area contributed by atoms with Crippen LogP contribution in [0, 0.1) is 6.92 Å². The van der Waals surface area contributed by atoms with Gasteiger partial charge in [0.2, 0.25) is 5.91 Å². The zero-order valence-corrected chi connectivity index (χ0v) is 26.6. The molecule has 0 radical (unpaired) electrons. The summed E-state index contributed by atoms with van der Waals surface area (Å²) in [6.45, 7) is 14.7. The van der Waals surface area contributed by atoms with Crippen LogP contribution in [0.1, 0.15) is 52.3 Å². The monoisotopic (exact) mass is 615 g/mol. The number of hydrogen-bond acceptors (Lipinski definition) is 7. The van der Waals surface area contributed by atoms with Crippen molar-refractivity contribution in [3.63, 3.8) is 0 Å². The minimum Gasteiger partial charge on any atom is -0.377 e. The van der Waals surface area contributed by atoms with E-state index in [0.29, 0.717) is 46.3 Å². The lowest BCUT2D eigenvalue weighted by Crippen LogP contribution is -2.58. The van der Waals surface area contributed by atoms with Gasteiger partial charge in [0, 0.05) is 56.7 Å². The molecule has 0 N–H and O–H groups in total. The van der Waals surface area contributed by atoms with Gasteiger partial charge in [-0.2, -0.15) is 4.98 Å². The molecule has 1 aromatic carbocycles. The van der Waals surface area contributed by atoms with E-state index in [1.165, 1.54) is 6.08 Å². The van der Waals surface area contributed by atoms with Crippen molar-refractivity contribution < 1.29 is 4.79 Å². The molecule has 1 aliphatic rings. The van der Waals surface area contributed by atoms with Crippen LogP contribution in [0.25, 0.3) is 28.0 Å². The molecule has 1 saturated heterocycles. The molecule has 0 aliphatic carbocycles. The van der Waals surface area contributed by atoms with Gasteiger partial charge in [-0.3, -0.25) is 9.78 Å². The molecule has 44 heavy (non-hydrogen) atoms. The number of carbonyl (C=O) groups excluding carboxylic acids is 1. The summed E-state index contributed by atoms with van der Waals surface area (Å²) in [6, 6.07) is 11.4. The number of fused-ring (bicyclic) bond motifs is 1. The molecule has 2 atom stereocenters. The number of halogens is 1. The van der Waals surface area contributed by atoms with Gasteiger partial charge in [0.25, 0.3) is 0 Å². The lowest BCUT2D eigenvalue weighted by Gasteiger charge is -2.44. The van der Waals surface area contributed by atoms with Crippen molar-refractivity contribution in [2.45, 2.75) is 60.0 Å². The maximum absolute atomic E-state index is 14.2. The molecule has 4 aromatic rings. The molecule has 1 amide bonds. The molecule has 0 saturated carbocycles. The molecule has 232 valence electrons. The molecule has 0 bridgehead atoms. The summed E-state index contributed by atoms with van der Waals surface area (Å²) in [5.41, 5.74) is 4.71. The van der Waals surface area contributed by atoms with Gasteiger partial charge in [-0.15, -0.1) is 0 Å². The highest BCUT2D eigenvalue weighted by Gasteiger charge is 2.34. The molecule has 3 aromatic heterocycles. The zero-order valence-electron chi connectivity index (χ0n) is 25.8. The van der Waals surface area contributed by atoms with E-state index < -0.39 is 5.69 Å². The largest absolute Gasteiger partial charge is 0.377 e. The SMILES string of the molecule is C.C=CC(=O)N1C[C@H](C)N(c2nc(=O)n(-c3c(C)ccnc3C(C)C)c3nc(-c4ccccc4N(C)C)c(Cl)cc23)C[C@H]1C. The highest BCUT2D eigenvalue weighted by molar-refractivity contribution is 6.34. The summed E-state index contributed by atoms with van der Waals surface area (Å²) < 4.78 is 1.58. The molecule has 4 heterocycles. The van der Waals surface area contributed by atoms with Crippen molar-refractivity contribution >= 4 is 40.0 Å². The minimum absolute atomic E-state index is 0. The minimum atomic E-state index is -0.452. The average molecular weight is 616 g/mol. The van der Waals surface area contributed by atoms with E-state index in [2.05, 4.69) is 35.3 Å². The van der Waals surface area contributed by atoms with Gasteiger partial charge in [-0.05, 0) is 56.5 Å². The number of piperazine rings is 1. The van der Waals surface area contributed by atoms with E-state index in [0.717, 1.165) is 22.5 Å². The molecule has 9 nitrogen and oxygen atoms in total. The maximum atomic E-state index is 14.2. The number of carbonyl (C=O) groups is 1. The summed E-state index contributed by atoms with van der Waals surface area (Å²) in [4.78, 5) is 47.1. The number of anilines is 2. The van der Waals surface area contributed by atoms with E-state index in [-0.39, 0.29) is 31.3 Å². The van der Waals surface area contributed by atoms with Crippen LogP contribution in [0.15, 0.2) is 60.0 Å². The van der Waals surface area contributed by atoms with E-state index in [1.54, 1.807) is 15.7 Å². The number of pyridine rings is 2. The van der Waals surface area contributed by atoms with Crippen LogP contribution in [-0.4, -0.2) is 69.6 Å². The Labute approximate surface area is 264 Å². The number of amides is 1. The van der Waals surface area contributed by atoms with Crippen molar-refractivity contribution in [1.29, 1.82) is 0 Å². The first-order chi connectivity index (χ1) is 20.4. The normalized spacial score (nSPS) is 16.7. The molecule has 1 aliphatic heterocycles. The lowest BCUT2D eigenvalue weighted by atomic mass is 10.0.